The van der Waals surface area contributed by atoms with E-state index in [0.717, 1.165) is 38.4 Å². The second-order valence-corrected chi connectivity index (χ2v) is 6.14. The first-order chi connectivity index (χ1) is 10.7. The van der Waals surface area contributed by atoms with Gasteiger partial charge in [0.2, 0.25) is 11.8 Å². The van der Waals surface area contributed by atoms with Gasteiger partial charge >= 0.3 is 0 Å². The summed E-state index contributed by atoms with van der Waals surface area (Å²) >= 11 is 0. The van der Waals surface area contributed by atoms with Gasteiger partial charge in [-0.25, -0.2) is 0 Å². The van der Waals surface area contributed by atoms with Crippen LogP contribution in [0.3, 0.4) is 0 Å². The van der Waals surface area contributed by atoms with Gasteiger partial charge in [-0.2, -0.15) is 5.10 Å². The van der Waals surface area contributed by atoms with Gasteiger partial charge in [0.25, 0.3) is 0 Å². The van der Waals surface area contributed by atoms with Gasteiger partial charge in [-0.1, -0.05) is 0 Å². The summed E-state index contributed by atoms with van der Waals surface area (Å²) in [4.78, 5) is 2.54. The minimum Gasteiger partial charge on any atom is -0.425 e. The SMILES string of the molecule is CCn1cc(CCN2CCC[C@H](c3nnc(C)o3)[C@@H]2C)cn1. The first-order valence-corrected chi connectivity index (χ1v) is 8.22. The summed E-state index contributed by atoms with van der Waals surface area (Å²) in [6, 6.07) is 0.440. The molecule has 0 amide bonds. The molecule has 0 saturated carbocycles. The van der Waals surface area contributed by atoms with Gasteiger partial charge in [0.05, 0.1) is 12.1 Å². The molecule has 22 heavy (non-hydrogen) atoms. The molecule has 1 saturated heterocycles. The van der Waals surface area contributed by atoms with Crippen molar-refractivity contribution >= 4 is 0 Å². The molecule has 2 aromatic rings. The highest BCUT2D eigenvalue weighted by Crippen LogP contribution is 2.31. The summed E-state index contributed by atoms with van der Waals surface area (Å²) in [6.45, 7) is 9.37. The van der Waals surface area contributed by atoms with Crippen LogP contribution in [-0.2, 0) is 13.0 Å². The molecule has 3 heterocycles. The monoisotopic (exact) mass is 303 g/mol. The van der Waals surface area contributed by atoms with Gasteiger partial charge in [0, 0.05) is 32.3 Å². The Morgan fingerprint density at radius 3 is 2.91 bits per heavy atom. The van der Waals surface area contributed by atoms with Crippen LogP contribution in [-0.4, -0.2) is 44.0 Å². The van der Waals surface area contributed by atoms with E-state index in [1.54, 1.807) is 0 Å². The molecule has 6 heteroatoms. The first-order valence-electron chi connectivity index (χ1n) is 8.22. The molecule has 120 valence electrons. The third-order valence-electron chi connectivity index (χ3n) is 4.68. The third kappa shape index (κ3) is 3.21. The maximum atomic E-state index is 5.66. The smallest absolute Gasteiger partial charge is 0.221 e. The number of rotatable bonds is 5. The summed E-state index contributed by atoms with van der Waals surface area (Å²) in [7, 11) is 0. The summed E-state index contributed by atoms with van der Waals surface area (Å²) in [5.41, 5.74) is 1.31. The van der Waals surface area contributed by atoms with Gasteiger partial charge in [0.1, 0.15) is 0 Å². The maximum Gasteiger partial charge on any atom is 0.221 e. The average molecular weight is 303 g/mol. The Labute approximate surface area is 131 Å². The summed E-state index contributed by atoms with van der Waals surface area (Å²) in [6.07, 6.45) is 7.49. The topological polar surface area (TPSA) is 60.0 Å². The Bertz CT molecular complexity index is 605. The number of hydrogen-bond donors (Lipinski definition) is 0. The highest BCUT2D eigenvalue weighted by molar-refractivity contribution is 5.05. The molecule has 0 N–H and O–H groups in total. The van der Waals surface area contributed by atoms with E-state index in [4.69, 9.17) is 4.42 Å². The van der Waals surface area contributed by atoms with Gasteiger partial charge in [0.15, 0.2) is 0 Å². The molecule has 0 aliphatic carbocycles. The van der Waals surface area contributed by atoms with Crippen molar-refractivity contribution in [2.24, 2.45) is 0 Å². The lowest BCUT2D eigenvalue weighted by Crippen LogP contribution is -2.43. The summed E-state index contributed by atoms with van der Waals surface area (Å²) < 4.78 is 7.65. The van der Waals surface area contributed by atoms with Crippen LogP contribution in [0.25, 0.3) is 0 Å². The molecule has 0 bridgehead atoms. The van der Waals surface area contributed by atoms with Gasteiger partial charge in [-0.15, -0.1) is 10.2 Å². The van der Waals surface area contributed by atoms with Crippen LogP contribution in [0.15, 0.2) is 16.8 Å². The number of hydrogen-bond acceptors (Lipinski definition) is 5. The molecule has 1 aliphatic rings. The fraction of sp³-hybridized carbons (Fsp3) is 0.688. The lowest BCUT2D eigenvalue weighted by molar-refractivity contribution is 0.127. The second-order valence-electron chi connectivity index (χ2n) is 6.14. The Hall–Kier alpha value is -1.69. The van der Waals surface area contributed by atoms with Crippen molar-refractivity contribution in [3.63, 3.8) is 0 Å². The van der Waals surface area contributed by atoms with Gasteiger partial charge < -0.3 is 4.42 Å². The fourth-order valence-electron chi connectivity index (χ4n) is 3.30. The largest absolute Gasteiger partial charge is 0.425 e. The quantitative estimate of drug-likeness (QED) is 0.849. The van der Waals surface area contributed by atoms with E-state index in [1.807, 2.05) is 17.8 Å². The minimum absolute atomic E-state index is 0.355. The molecule has 1 aliphatic heterocycles. The summed E-state index contributed by atoms with van der Waals surface area (Å²) in [5.74, 6) is 1.81. The van der Waals surface area contributed by atoms with E-state index < -0.39 is 0 Å². The Morgan fingerprint density at radius 2 is 2.23 bits per heavy atom. The molecular weight excluding hydrogens is 278 g/mol. The molecule has 0 unspecified atom stereocenters. The molecule has 2 aromatic heterocycles. The zero-order chi connectivity index (χ0) is 15.5. The van der Waals surface area contributed by atoms with Crippen LogP contribution >= 0.6 is 0 Å². The predicted molar refractivity (Wildman–Crippen MR) is 83.7 cm³/mol. The van der Waals surface area contributed by atoms with Crippen molar-refractivity contribution < 1.29 is 4.42 Å². The van der Waals surface area contributed by atoms with Crippen molar-refractivity contribution in [3.8, 4) is 0 Å². The molecule has 2 atom stereocenters. The van der Waals surface area contributed by atoms with E-state index in [1.165, 1.54) is 12.0 Å². The fourth-order valence-corrected chi connectivity index (χ4v) is 3.30. The third-order valence-corrected chi connectivity index (χ3v) is 4.68. The van der Waals surface area contributed by atoms with Crippen LogP contribution in [0, 0.1) is 6.92 Å². The van der Waals surface area contributed by atoms with Gasteiger partial charge in [-0.3, -0.25) is 9.58 Å². The van der Waals surface area contributed by atoms with E-state index in [9.17, 15) is 0 Å². The molecule has 0 radical (unpaired) electrons. The lowest BCUT2D eigenvalue weighted by atomic mass is 9.90. The normalized spacial score (nSPS) is 23.0. The second kappa shape index (κ2) is 6.60. The van der Waals surface area contributed by atoms with Crippen LogP contribution in [0.2, 0.25) is 0 Å². The standard InChI is InChI=1S/C16H25N5O/c1-4-21-11-14(10-17-21)7-9-20-8-5-6-15(12(20)2)16-19-18-13(3)22-16/h10-12,15H,4-9H2,1-3H3/t12-,15-/m0/s1. The molecule has 3 rings (SSSR count). The lowest BCUT2D eigenvalue weighted by Gasteiger charge is -2.37. The summed E-state index contributed by atoms with van der Waals surface area (Å²) in [5, 5.41) is 12.6. The molecule has 1 fully saturated rings. The van der Waals surface area contributed by atoms with Crippen LogP contribution < -0.4 is 0 Å². The molecule has 6 nitrogen and oxygen atoms in total. The van der Waals surface area contributed by atoms with Crippen molar-refractivity contribution in [1.29, 1.82) is 0 Å². The minimum atomic E-state index is 0.355. The zero-order valence-electron chi connectivity index (χ0n) is 13.7. The first kappa shape index (κ1) is 15.2. The molecule has 0 spiro atoms. The number of aryl methyl sites for hydroxylation is 2. The van der Waals surface area contributed by atoms with Crippen molar-refractivity contribution in [2.45, 2.75) is 58.5 Å². The van der Waals surface area contributed by atoms with Crippen molar-refractivity contribution in [3.05, 3.63) is 29.7 Å². The van der Waals surface area contributed by atoms with Crippen molar-refractivity contribution in [1.82, 2.24) is 24.9 Å². The van der Waals surface area contributed by atoms with E-state index in [2.05, 4.69) is 40.2 Å². The highest BCUT2D eigenvalue weighted by Gasteiger charge is 2.32. The zero-order valence-corrected chi connectivity index (χ0v) is 13.7. The molecular formula is C16H25N5O. The average Bonchev–Trinajstić information content (AvgIpc) is 3.15. The van der Waals surface area contributed by atoms with Crippen LogP contribution in [0.4, 0.5) is 0 Å². The van der Waals surface area contributed by atoms with E-state index in [0.29, 0.717) is 17.9 Å². The Balaban J connectivity index is 1.61. The van der Waals surface area contributed by atoms with E-state index in [-0.39, 0.29) is 0 Å². The predicted octanol–water partition coefficient (Wildman–Crippen LogP) is 2.41. The van der Waals surface area contributed by atoms with Crippen LogP contribution in [0.5, 0.6) is 0 Å². The number of piperidine rings is 1. The van der Waals surface area contributed by atoms with Gasteiger partial charge in [-0.05, 0) is 45.2 Å². The number of likely N-dealkylation sites (tertiary alicyclic amines) is 1. The highest BCUT2D eigenvalue weighted by atomic mass is 16.4. The number of aromatic nitrogens is 4. The van der Waals surface area contributed by atoms with Crippen LogP contribution in [0.1, 0.15) is 50.0 Å². The molecule has 0 aromatic carbocycles. The maximum absolute atomic E-state index is 5.66. The Morgan fingerprint density at radius 1 is 1.36 bits per heavy atom. The number of nitrogens with zero attached hydrogens (tertiary/aromatic N) is 5. The Kier molecular flexibility index (Phi) is 4.57. The van der Waals surface area contributed by atoms with E-state index >= 15 is 0 Å². The van der Waals surface area contributed by atoms with Crippen molar-refractivity contribution in [2.75, 3.05) is 13.1 Å².